The zero-order valence-corrected chi connectivity index (χ0v) is 14.1. The summed E-state index contributed by atoms with van der Waals surface area (Å²) in [6, 6.07) is 12.6. The van der Waals surface area contributed by atoms with E-state index in [9.17, 15) is 28.4 Å². The van der Waals surface area contributed by atoms with E-state index in [1.165, 1.54) is 0 Å². The Morgan fingerprint density at radius 3 is 2.42 bits per heavy atom. The highest BCUT2D eigenvalue weighted by molar-refractivity contribution is 7.89. The van der Waals surface area contributed by atoms with Crippen LogP contribution in [0.1, 0.15) is 15.9 Å². The van der Waals surface area contributed by atoms with Crippen molar-refractivity contribution in [2.75, 3.05) is 6.54 Å². The van der Waals surface area contributed by atoms with Gasteiger partial charge >= 0.3 is 5.97 Å². The number of nitriles is 1. The molecule has 1 N–H and O–H groups in total. The number of nitro groups is 1. The maximum absolute atomic E-state index is 12.9. The summed E-state index contributed by atoms with van der Waals surface area (Å²) in [5, 5.41) is 29.0. The van der Waals surface area contributed by atoms with E-state index in [1.54, 1.807) is 36.4 Å². The number of aromatic carboxylic acids is 1. The SMILES string of the molecule is N#CCN(Cc1ccccc1)S(=O)(=O)c1ccc([N+](=O)[O-])cc1C(=O)O. The summed E-state index contributed by atoms with van der Waals surface area (Å²) in [5.41, 5.74) is -0.670. The van der Waals surface area contributed by atoms with Gasteiger partial charge in [0, 0.05) is 18.7 Å². The maximum Gasteiger partial charge on any atom is 0.337 e. The number of non-ortho nitro benzene ring substituents is 1. The Morgan fingerprint density at radius 2 is 1.88 bits per heavy atom. The first kappa shape index (κ1) is 19.0. The summed E-state index contributed by atoms with van der Waals surface area (Å²) >= 11 is 0. The number of benzene rings is 2. The number of hydrogen-bond donors (Lipinski definition) is 1. The van der Waals surface area contributed by atoms with Crippen LogP contribution in [0, 0.1) is 21.4 Å². The second-order valence-corrected chi connectivity index (χ2v) is 7.07. The van der Waals surface area contributed by atoms with Crippen LogP contribution in [-0.4, -0.2) is 35.3 Å². The average Bonchev–Trinajstić information content (AvgIpc) is 2.61. The smallest absolute Gasteiger partial charge is 0.337 e. The van der Waals surface area contributed by atoms with Crippen LogP contribution in [-0.2, 0) is 16.6 Å². The molecule has 0 radical (unpaired) electrons. The summed E-state index contributed by atoms with van der Waals surface area (Å²) < 4.78 is 26.6. The molecule has 2 aromatic carbocycles. The van der Waals surface area contributed by atoms with Crippen molar-refractivity contribution in [3.63, 3.8) is 0 Å². The van der Waals surface area contributed by atoms with Gasteiger partial charge in [0.1, 0.15) is 6.54 Å². The highest BCUT2D eigenvalue weighted by atomic mass is 32.2. The predicted octanol–water partition coefficient (Wildman–Crippen LogP) is 2.01. The zero-order valence-electron chi connectivity index (χ0n) is 13.3. The number of carboxylic acids is 1. The van der Waals surface area contributed by atoms with Gasteiger partial charge in [-0.2, -0.15) is 9.57 Å². The molecule has 10 heteroatoms. The van der Waals surface area contributed by atoms with Gasteiger partial charge in [0.2, 0.25) is 10.0 Å². The van der Waals surface area contributed by atoms with Crippen LogP contribution in [0.25, 0.3) is 0 Å². The second-order valence-electron chi connectivity index (χ2n) is 5.16. The molecule has 0 amide bonds. The number of carbonyl (C=O) groups is 1. The minimum atomic E-state index is -4.37. The van der Waals surface area contributed by atoms with Crippen LogP contribution in [0.15, 0.2) is 53.4 Å². The lowest BCUT2D eigenvalue weighted by molar-refractivity contribution is -0.384. The van der Waals surface area contributed by atoms with Crippen molar-refractivity contribution in [3.05, 3.63) is 69.8 Å². The molecule has 0 aliphatic carbocycles. The Balaban J connectivity index is 2.54. The molecule has 0 unspecified atom stereocenters. The monoisotopic (exact) mass is 375 g/mol. The fraction of sp³-hybridized carbons (Fsp3) is 0.125. The molecule has 0 atom stereocenters. The summed E-state index contributed by atoms with van der Waals surface area (Å²) in [6.45, 7) is -0.653. The third-order valence-electron chi connectivity index (χ3n) is 3.47. The highest BCUT2D eigenvalue weighted by Crippen LogP contribution is 2.26. The van der Waals surface area contributed by atoms with Gasteiger partial charge in [0.15, 0.2) is 0 Å². The molecule has 2 rings (SSSR count). The zero-order chi connectivity index (χ0) is 19.3. The van der Waals surface area contributed by atoms with Crippen molar-refractivity contribution in [3.8, 4) is 6.07 Å². The van der Waals surface area contributed by atoms with Gasteiger partial charge in [0.05, 0.1) is 21.5 Å². The fourth-order valence-corrected chi connectivity index (χ4v) is 3.74. The molecule has 0 aromatic heterocycles. The Kier molecular flexibility index (Phi) is 5.66. The molecular weight excluding hydrogens is 362 g/mol. The largest absolute Gasteiger partial charge is 0.478 e. The lowest BCUT2D eigenvalue weighted by atomic mass is 10.2. The molecule has 0 saturated heterocycles. The number of sulfonamides is 1. The molecule has 0 fully saturated rings. The first-order chi connectivity index (χ1) is 12.3. The molecule has 9 nitrogen and oxygen atoms in total. The van der Waals surface area contributed by atoms with Crippen LogP contribution in [0.2, 0.25) is 0 Å². The van der Waals surface area contributed by atoms with E-state index in [4.69, 9.17) is 5.26 Å². The fourth-order valence-electron chi connectivity index (χ4n) is 2.25. The Morgan fingerprint density at radius 1 is 1.23 bits per heavy atom. The standard InChI is InChI=1S/C16H13N3O6S/c17-8-9-18(11-12-4-2-1-3-5-12)26(24,25)15-7-6-13(19(22)23)10-14(15)16(20)21/h1-7,10H,9,11H2,(H,20,21). The summed E-state index contributed by atoms with van der Waals surface area (Å²) in [4.78, 5) is 20.8. The van der Waals surface area contributed by atoms with Crippen molar-refractivity contribution in [2.45, 2.75) is 11.4 Å². The van der Waals surface area contributed by atoms with E-state index in [1.807, 2.05) is 0 Å². The maximum atomic E-state index is 12.9. The molecule has 0 spiro atoms. The van der Waals surface area contributed by atoms with E-state index < -0.39 is 43.6 Å². The van der Waals surface area contributed by atoms with Crippen molar-refractivity contribution in [1.82, 2.24) is 4.31 Å². The normalized spacial score (nSPS) is 11.1. The molecule has 26 heavy (non-hydrogen) atoms. The Hall–Kier alpha value is -3.29. The Bertz CT molecular complexity index is 983. The molecule has 134 valence electrons. The molecule has 0 saturated carbocycles. The van der Waals surface area contributed by atoms with E-state index in [-0.39, 0.29) is 6.54 Å². The van der Waals surface area contributed by atoms with Gasteiger partial charge in [0.25, 0.3) is 5.69 Å². The van der Waals surface area contributed by atoms with Gasteiger partial charge < -0.3 is 5.11 Å². The third kappa shape index (κ3) is 4.02. The predicted molar refractivity (Wildman–Crippen MR) is 89.7 cm³/mol. The molecule has 2 aromatic rings. The van der Waals surface area contributed by atoms with Gasteiger partial charge in [-0.25, -0.2) is 13.2 Å². The van der Waals surface area contributed by atoms with Crippen molar-refractivity contribution >= 4 is 21.7 Å². The van der Waals surface area contributed by atoms with Gasteiger partial charge in [-0.15, -0.1) is 0 Å². The minimum Gasteiger partial charge on any atom is -0.478 e. The van der Waals surface area contributed by atoms with E-state index in [0.29, 0.717) is 11.6 Å². The number of carboxylic acid groups (broad SMARTS) is 1. The Labute approximate surface area is 148 Å². The lowest BCUT2D eigenvalue weighted by Crippen LogP contribution is -2.32. The summed E-state index contributed by atoms with van der Waals surface area (Å²) in [7, 11) is -4.37. The van der Waals surface area contributed by atoms with Crippen molar-refractivity contribution in [1.29, 1.82) is 5.26 Å². The van der Waals surface area contributed by atoms with Crippen LogP contribution in [0.5, 0.6) is 0 Å². The molecule has 0 aliphatic heterocycles. The van der Waals surface area contributed by atoms with Crippen LogP contribution >= 0.6 is 0 Å². The molecular formula is C16H13N3O6S. The molecule has 0 bridgehead atoms. The average molecular weight is 375 g/mol. The number of nitro benzene ring substituents is 1. The first-order valence-corrected chi connectivity index (χ1v) is 8.64. The topological polar surface area (TPSA) is 142 Å². The summed E-state index contributed by atoms with van der Waals surface area (Å²) in [5.74, 6) is -1.62. The minimum absolute atomic E-state index is 0.146. The van der Waals surface area contributed by atoms with Gasteiger partial charge in [-0.05, 0) is 11.6 Å². The van der Waals surface area contributed by atoms with E-state index >= 15 is 0 Å². The van der Waals surface area contributed by atoms with E-state index in [2.05, 4.69) is 0 Å². The number of rotatable bonds is 7. The van der Waals surface area contributed by atoms with E-state index in [0.717, 1.165) is 16.4 Å². The van der Waals surface area contributed by atoms with Gasteiger partial charge in [-0.3, -0.25) is 10.1 Å². The third-order valence-corrected chi connectivity index (χ3v) is 5.32. The molecule has 0 heterocycles. The second kappa shape index (κ2) is 7.73. The van der Waals surface area contributed by atoms with Crippen LogP contribution in [0.3, 0.4) is 0 Å². The van der Waals surface area contributed by atoms with Crippen LogP contribution < -0.4 is 0 Å². The van der Waals surface area contributed by atoms with Gasteiger partial charge in [-0.1, -0.05) is 30.3 Å². The number of nitrogens with zero attached hydrogens (tertiary/aromatic N) is 3. The first-order valence-electron chi connectivity index (χ1n) is 7.20. The highest BCUT2D eigenvalue weighted by Gasteiger charge is 2.30. The van der Waals surface area contributed by atoms with Crippen molar-refractivity contribution in [2.24, 2.45) is 0 Å². The van der Waals surface area contributed by atoms with Crippen molar-refractivity contribution < 1.29 is 23.2 Å². The molecule has 0 aliphatic rings. The lowest BCUT2D eigenvalue weighted by Gasteiger charge is -2.20. The van der Waals surface area contributed by atoms with Crippen LogP contribution in [0.4, 0.5) is 5.69 Å². The number of hydrogen-bond acceptors (Lipinski definition) is 6. The quantitative estimate of drug-likeness (QED) is 0.443. The summed E-state index contributed by atoms with van der Waals surface area (Å²) in [6.07, 6.45) is 0.